The second-order valence-electron chi connectivity index (χ2n) is 6.33. The molecule has 0 saturated carbocycles. The third kappa shape index (κ3) is 4.75. The summed E-state index contributed by atoms with van der Waals surface area (Å²) in [6, 6.07) is 5.46. The van der Waals surface area contributed by atoms with E-state index in [1.807, 2.05) is 30.5 Å². The van der Waals surface area contributed by atoms with Crippen LogP contribution in [-0.4, -0.2) is 52.2 Å². The highest BCUT2D eigenvalue weighted by atomic mass is 35.5. The maximum Gasteiger partial charge on any atom is 0.237 e. The van der Waals surface area contributed by atoms with E-state index in [4.69, 9.17) is 16.3 Å². The van der Waals surface area contributed by atoms with E-state index < -0.39 is 0 Å². The fraction of sp³-hybridized carbons (Fsp3) is 0.500. The van der Waals surface area contributed by atoms with Gasteiger partial charge >= 0.3 is 0 Å². The van der Waals surface area contributed by atoms with Crippen LogP contribution in [0.25, 0.3) is 0 Å². The zero-order valence-electron chi connectivity index (χ0n) is 15.7. The second kappa shape index (κ2) is 8.95. The molecule has 1 atom stereocenters. The predicted molar refractivity (Wildman–Crippen MR) is 109 cm³/mol. The zero-order valence-corrected chi connectivity index (χ0v) is 17.3. The number of thioether (sulfide) groups is 1. The van der Waals surface area contributed by atoms with Crippen LogP contribution in [-0.2, 0) is 16.1 Å². The van der Waals surface area contributed by atoms with Crippen molar-refractivity contribution in [3.05, 3.63) is 28.8 Å². The molecule has 0 aliphatic carbocycles. The molecular formula is C18H24ClN5O2S. The number of benzene rings is 1. The van der Waals surface area contributed by atoms with E-state index in [1.54, 1.807) is 6.07 Å². The number of amides is 1. The Morgan fingerprint density at radius 3 is 2.81 bits per heavy atom. The minimum atomic E-state index is -0.324. The van der Waals surface area contributed by atoms with Crippen molar-refractivity contribution in [2.45, 2.75) is 37.7 Å². The highest BCUT2D eigenvalue weighted by Gasteiger charge is 2.23. The number of nitrogens with zero attached hydrogens (tertiary/aromatic N) is 4. The van der Waals surface area contributed by atoms with Gasteiger partial charge in [-0.2, -0.15) is 0 Å². The molecule has 1 aliphatic heterocycles. The van der Waals surface area contributed by atoms with Crippen LogP contribution >= 0.6 is 23.4 Å². The van der Waals surface area contributed by atoms with Crippen molar-refractivity contribution in [2.75, 3.05) is 36.5 Å². The van der Waals surface area contributed by atoms with Crippen LogP contribution in [0.3, 0.4) is 0 Å². The zero-order chi connectivity index (χ0) is 19.4. The summed E-state index contributed by atoms with van der Waals surface area (Å²) < 4.78 is 7.45. The van der Waals surface area contributed by atoms with E-state index in [0.29, 0.717) is 18.2 Å². The molecule has 0 unspecified atom stereocenters. The molecule has 1 saturated heterocycles. The second-order valence-corrected chi connectivity index (χ2v) is 8.08. The molecule has 0 bridgehead atoms. The Kier molecular flexibility index (Phi) is 6.62. The Morgan fingerprint density at radius 2 is 2.11 bits per heavy atom. The summed E-state index contributed by atoms with van der Waals surface area (Å²) in [5.41, 5.74) is 1.70. The number of anilines is 2. The van der Waals surface area contributed by atoms with Gasteiger partial charge in [-0.3, -0.25) is 9.36 Å². The largest absolute Gasteiger partial charge is 0.378 e. The van der Waals surface area contributed by atoms with Crippen molar-refractivity contribution in [3.63, 3.8) is 0 Å². The Hall–Kier alpha value is -1.77. The van der Waals surface area contributed by atoms with Gasteiger partial charge in [-0.15, -0.1) is 10.2 Å². The van der Waals surface area contributed by atoms with Crippen molar-refractivity contribution < 1.29 is 9.53 Å². The number of hydrogen-bond donors (Lipinski definition) is 1. The van der Waals surface area contributed by atoms with Gasteiger partial charge in [-0.1, -0.05) is 29.4 Å². The van der Waals surface area contributed by atoms with Gasteiger partial charge < -0.3 is 15.0 Å². The van der Waals surface area contributed by atoms with Crippen LogP contribution in [0.15, 0.2) is 23.4 Å². The summed E-state index contributed by atoms with van der Waals surface area (Å²) in [4.78, 5) is 14.8. The molecule has 7 nitrogen and oxygen atoms in total. The fourth-order valence-electron chi connectivity index (χ4n) is 2.82. The normalized spacial score (nSPS) is 15.6. The van der Waals surface area contributed by atoms with E-state index in [9.17, 15) is 4.79 Å². The fourth-order valence-corrected chi connectivity index (χ4v) is 3.90. The van der Waals surface area contributed by atoms with E-state index in [-0.39, 0.29) is 11.2 Å². The summed E-state index contributed by atoms with van der Waals surface area (Å²) >= 11 is 7.44. The highest BCUT2D eigenvalue weighted by Crippen LogP contribution is 2.27. The first kappa shape index (κ1) is 20.0. The van der Waals surface area contributed by atoms with Crippen molar-refractivity contribution >= 4 is 40.9 Å². The number of carbonyl (C=O) groups excluding carboxylic acids is 1. The molecule has 1 aliphatic rings. The summed E-state index contributed by atoms with van der Waals surface area (Å²) in [5, 5.41) is 12.6. The van der Waals surface area contributed by atoms with Crippen LogP contribution in [0.2, 0.25) is 5.02 Å². The van der Waals surface area contributed by atoms with Gasteiger partial charge in [-0.25, -0.2) is 0 Å². The third-order valence-electron chi connectivity index (χ3n) is 4.42. The quantitative estimate of drug-likeness (QED) is 0.738. The molecular weight excluding hydrogens is 386 g/mol. The number of halogens is 1. The first-order valence-electron chi connectivity index (χ1n) is 8.99. The Balaban J connectivity index is 1.69. The monoisotopic (exact) mass is 409 g/mol. The van der Waals surface area contributed by atoms with Crippen molar-refractivity contribution in [2.24, 2.45) is 0 Å². The molecule has 2 heterocycles. The third-order valence-corrected chi connectivity index (χ3v) is 5.73. The molecule has 1 N–H and O–H groups in total. The maximum atomic E-state index is 12.6. The summed E-state index contributed by atoms with van der Waals surface area (Å²) in [6.45, 7) is 9.57. The number of nitrogens with one attached hydrogen (secondary N) is 1. The van der Waals surface area contributed by atoms with Crippen molar-refractivity contribution in [3.8, 4) is 0 Å². The van der Waals surface area contributed by atoms with Gasteiger partial charge in [0, 0.05) is 30.3 Å². The van der Waals surface area contributed by atoms with Gasteiger partial charge in [-0.05, 0) is 38.5 Å². The van der Waals surface area contributed by atoms with E-state index in [2.05, 4.69) is 27.3 Å². The summed E-state index contributed by atoms with van der Waals surface area (Å²) in [6.07, 6.45) is 0. The molecule has 1 amide bonds. The number of hydrogen-bond acceptors (Lipinski definition) is 6. The number of aromatic nitrogens is 3. The summed E-state index contributed by atoms with van der Waals surface area (Å²) in [7, 11) is 0. The molecule has 1 fully saturated rings. The number of carbonyl (C=O) groups is 1. The van der Waals surface area contributed by atoms with E-state index >= 15 is 0 Å². The van der Waals surface area contributed by atoms with Gasteiger partial charge in [0.15, 0.2) is 5.16 Å². The van der Waals surface area contributed by atoms with Gasteiger partial charge in [0.25, 0.3) is 0 Å². The lowest BCUT2D eigenvalue weighted by atomic mass is 10.2. The molecule has 1 aromatic heterocycles. The first-order chi connectivity index (χ1) is 13.0. The average molecular weight is 410 g/mol. The summed E-state index contributed by atoms with van der Waals surface area (Å²) in [5.74, 6) is 0.741. The Bertz CT molecular complexity index is 807. The van der Waals surface area contributed by atoms with Gasteiger partial charge in [0.2, 0.25) is 11.9 Å². The smallest absolute Gasteiger partial charge is 0.237 e. The average Bonchev–Trinajstić information content (AvgIpc) is 3.07. The van der Waals surface area contributed by atoms with Crippen LogP contribution < -0.4 is 10.2 Å². The van der Waals surface area contributed by atoms with E-state index in [0.717, 1.165) is 42.0 Å². The predicted octanol–water partition coefficient (Wildman–Crippen LogP) is 3.22. The lowest BCUT2D eigenvalue weighted by Crippen LogP contribution is -2.38. The molecule has 27 heavy (non-hydrogen) atoms. The first-order valence-corrected chi connectivity index (χ1v) is 10.2. The molecule has 1 aromatic carbocycles. The lowest BCUT2D eigenvalue weighted by Gasteiger charge is -2.27. The molecule has 3 rings (SSSR count). The van der Waals surface area contributed by atoms with Gasteiger partial charge in [0.05, 0.1) is 18.5 Å². The molecule has 0 spiro atoms. The van der Waals surface area contributed by atoms with Crippen molar-refractivity contribution in [1.29, 1.82) is 0 Å². The standard InChI is InChI=1S/C18H24ClN5O2S/c1-4-24-17(23-7-9-26-10-8-23)21-22-18(24)27-13(3)16(25)20-15-11-14(19)6-5-12(15)2/h5-6,11,13H,4,7-10H2,1-3H3,(H,20,25)/t13-/m1/s1. The molecule has 146 valence electrons. The van der Waals surface area contributed by atoms with Crippen LogP contribution in [0, 0.1) is 6.92 Å². The molecule has 2 aromatic rings. The number of morpholine rings is 1. The van der Waals surface area contributed by atoms with Crippen LogP contribution in [0.4, 0.5) is 11.6 Å². The number of aryl methyl sites for hydroxylation is 1. The number of ether oxygens (including phenoxy) is 1. The topological polar surface area (TPSA) is 72.3 Å². The molecule has 0 radical (unpaired) electrons. The maximum absolute atomic E-state index is 12.6. The highest BCUT2D eigenvalue weighted by molar-refractivity contribution is 8.00. The SMILES string of the molecule is CCn1c(S[C@H](C)C(=O)Nc2cc(Cl)ccc2C)nnc1N1CCOCC1. The van der Waals surface area contributed by atoms with Crippen molar-refractivity contribution in [1.82, 2.24) is 14.8 Å². The number of rotatable bonds is 6. The van der Waals surface area contributed by atoms with Crippen LogP contribution in [0.5, 0.6) is 0 Å². The minimum Gasteiger partial charge on any atom is -0.378 e. The minimum absolute atomic E-state index is 0.0936. The van der Waals surface area contributed by atoms with E-state index in [1.165, 1.54) is 11.8 Å². The Morgan fingerprint density at radius 1 is 1.37 bits per heavy atom. The van der Waals surface area contributed by atoms with Gasteiger partial charge in [0.1, 0.15) is 0 Å². The van der Waals surface area contributed by atoms with Crippen LogP contribution in [0.1, 0.15) is 19.4 Å². The Labute approximate surface area is 168 Å². The lowest BCUT2D eigenvalue weighted by molar-refractivity contribution is -0.115. The molecule has 9 heteroatoms.